The molecule has 5 nitrogen and oxygen atoms in total. The summed E-state index contributed by atoms with van der Waals surface area (Å²) in [6.07, 6.45) is 3.12. The van der Waals surface area contributed by atoms with Gasteiger partial charge in [0.05, 0.1) is 28.9 Å². The van der Waals surface area contributed by atoms with Crippen molar-refractivity contribution in [2.75, 3.05) is 11.9 Å². The zero-order valence-electron chi connectivity index (χ0n) is 13.3. The van der Waals surface area contributed by atoms with Crippen molar-refractivity contribution in [3.63, 3.8) is 0 Å². The Labute approximate surface area is 141 Å². The smallest absolute Gasteiger partial charge is 0.341 e. The van der Waals surface area contributed by atoms with Crippen molar-refractivity contribution >= 4 is 22.6 Å². The van der Waals surface area contributed by atoms with E-state index in [1.54, 1.807) is 13.0 Å². The van der Waals surface area contributed by atoms with E-state index in [-0.39, 0.29) is 24.3 Å². The molecule has 25 heavy (non-hydrogen) atoms. The van der Waals surface area contributed by atoms with Crippen LogP contribution in [0.4, 0.5) is 14.5 Å². The molecule has 4 rings (SSSR count). The minimum atomic E-state index is -1.19. The molecule has 128 valence electrons. The molecule has 0 bridgehead atoms. The van der Waals surface area contributed by atoms with E-state index in [0.29, 0.717) is 28.0 Å². The van der Waals surface area contributed by atoms with Crippen molar-refractivity contribution in [1.29, 1.82) is 0 Å². The Morgan fingerprint density at radius 1 is 1.48 bits per heavy atom. The van der Waals surface area contributed by atoms with E-state index >= 15 is 0 Å². The first-order chi connectivity index (χ1) is 12.1. The number of pyridine rings is 1. The quantitative estimate of drug-likeness (QED) is 0.838. The summed E-state index contributed by atoms with van der Waals surface area (Å²) in [6.45, 7) is 1.91. The van der Waals surface area contributed by atoms with Gasteiger partial charge in [-0.05, 0) is 19.1 Å². The van der Waals surface area contributed by atoms with E-state index in [4.69, 9.17) is 9.47 Å². The van der Waals surface area contributed by atoms with Crippen LogP contribution in [0.2, 0.25) is 0 Å². The fourth-order valence-electron chi connectivity index (χ4n) is 2.95. The average molecular weight is 344 g/mol. The standard InChI is InChI=1S/C18H14F2N2O3/c1-2-24-18(23)11-8-21-13-5-10(20)7-15-16(13)17(11)22-12-4-3-9(19)6-14(12)25-15/h3-5,7-9,22H,2,6H2,1H3. The predicted molar refractivity (Wildman–Crippen MR) is 87.6 cm³/mol. The van der Waals surface area contributed by atoms with E-state index in [1.807, 2.05) is 0 Å². The molecule has 2 aliphatic rings. The lowest BCUT2D eigenvalue weighted by Crippen LogP contribution is -2.14. The molecule has 0 fully saturated rings. The van der Waals surface area contributed by atoms with Crippen molar-refractivity contribution < 1.29 is 23.0 Å². The van der Waals surface area contributed by atoms with Crippen molar-refractivity contribution in [1.82, 2.24) is 4.98 Å². The summed E-state index contributed by atoms with van der Waals surface area (Å²) in [4.78, 5) is 16.4. The molecule has 2 heterocycles. The highest BCUT2D eigenvalue weighted by Gasteiger charge is 2.27. The van der Waals surface area contributed by atoms with Crippen LogP contribution in [0.5, 0.6) is 5.75 Å². The van der Waals surface area contributed by atoms with Gasteiger partial charge < -0.3 is 14.8 Å². The number of anilines is 1. The van der Waals surface area contributed by atoms with Gasteiger partial charge in [-0.15, -0.1) is 0 Å². The summed E-state index contributed by atoms with van der Waals surface area (Å²) in [6, 6.07) is 2.45. The van der Waals surface area contributed by atoms with E-state index in [2.05, 4.69) is 10.3 Å². The summed E-state index contributed by atoms with van der Waals surface area (Å²) in [7, 11) is 0. The van der Waals surface area contributed by atoms with E-state index < -0.39 is 18.0 Å². The first-order valence-corrected chi connectivity index (χ1v) is 7.86. The SMILES string of the molecule is CCOC(=O)c1cnc2cc(F)cc3c2c1NC1=C(CC(F)C=C1)O3. The highest BCUT2D eigenvalue weighted by molar-refractivity contribution is 6.08. The number of hydrogen-bond donors (Lipinski definition) is 1. The van der Waals surface area contributed by atoms with E-state index in [1.165, 1.54) is 24.4 Å². The second-order valence-electron chi connectivity index (χ2n) is 5.71. The highest BCUT2D eigenvalue weighted by atomic mass is 19.1. The van der Waals surface area contributed by atoms with Crippen LogP contribution in [0.25, 0.3) is 10.9 Å². The van der Waals surface area contributed by atoms with Gasteiger partial charge >= 0.3 is 5.97 Å². The molecule has 2 aromatic rings. The van der Waals surface area contributed by atoms with Crippen LogP contribution in [0.3, 0.4) is 0 Å². The fraction of sp³-hybridized carbons (Fsp3) is 0.222. The number of nitrogens with one attached hydrogen (secondary N) is 1. The lowest BCUT2D eigenvalue weighted by Gasteiger charge is -2.17. The van der Waals surface area contributed by atoms with Gasteiger partial charge in [0, 0.05) is 24.8 Å². The maximum absolute atomic E-state index is 13.9. The summed E-state index contributed by atoms with van der Waals surface area (Å²) in [5, 5.41) is 3.56. The Kier molecular flexibility index (Phi) is 3.63. The third kappa shape index (κ3) is 2.61. The first-order valence-electron chi connectivity index (χ1n) is 7.86. The van der Waals surface area contributed by atoms with Gasteiger partial charge in [-0.2, -0.15) is 0 Å². The number of hydrogen-bond acceptors (Lipinski definition) is 5. The van der Waals surface area contributed by atoms with Gasteiger partial charge in [-0.25, -0.2) is 13.6 Å². The van der Waals surface area contributed by atoms with Crippen LogP contribution < -0.4 is 10.1 Å². The van der Waals surface area contributed by atoms with Gasteiger partial charge in [-0.1, -0.05) is 0 Å². The number of carbonyl (C=O) groups is 1. The molecule has 1 aliphatic heterocycles. The molecule has 0 amide bonds. The molecular weight excluding hydrogens is 330 g/mol. The molecule has 1 aromatic carbocycles. The summed E-state index contributed by atoms with van der Waals surface area (Å²) >= 11 is 0. The maximum atomic E-state index is 13.9. The molecule has 1 aliphatic carbocycles. The van der Waals surface area contributed by atoms with Gasteiger partial charge in [0.1, 0.15) is 29.1 Å². The van der Waals surface area contributed by atoms with Gasteiger partial charge in [0.15, 0.2) is 0 Å². The molecule has 0 saturated carbocycles. The van der Waals surface area contributed by atoms with Crippen LogP contribution in [-0.4, -0.2) is 23.7 Å². The minimum absolute atomic E-state index is 0.0208. The predicted octanol–water partition coefficient (Wildman–Crippen LogP) is 3.86. The molecular formula is C18H14F2N2O3. The molecule has 1 N–H and O–H groups in total. The van der Waals surface area contributed by atoms with Crippen molar-refractivity contribution in [3.8, 4) is 5.75 Å². The zero-order chi connectivity index (χ0) is 17.6. The van der Waals surface area contributed by atoms with Crippen LogP contribution in [0.15, 0.2) is 41.9 Å². The number of benzene rings is 1. The Balaban J connectivity index is 1.96. The van der Waals surface area contributed by atoms with E-state index in [9.17, 15) is 13.6 Å². The highest BCUT2D eigenvalue weighted by Crippen LogP contribution is 2.41. The summed E-state index contributed by atoms with van der Waals surface area (Å²) in [5.74, 6) is -0.560. The number of esters is 1. The minimum Gasteiger partial charge on any atom is -0.462 e. The average Bonchev–Trinajstić information content (AvgIpc) is 2.72. The second kappa shape index (κ2) is 5.84. The van der Waals surface area contributed by atoms with Crippen LogP contribution in [0.1, 0.15) is 23.7 Å². The Bertz CT molecular complexity index is 953. The van der Waals surface area contributed by atoms with Crippen LogP contribution in [-0.2, 0) is 4.74 Å². The Morgan fingerprint density at radius 2 is 2.32 bits per heavy atom. The molecule has 1 atom stereocenters. The number of allylic oxidation sites excluding steroid dienone is 3. The molecule has 7 heteroatoms. The van der Waals surface area contributed by atoms with E-state index in [0.717, 1.165) is 0 Å². The van der Waals surface area contributed by atoms with Crippen LogP contribution in [0, 0.1) is 5.82 Å². The number of nitrogens with zero attached hydrogens (tertiary/aromatic N) is 1. The van der Waals surface area contributed by atoms with Crippen molar-refractivity contribution in [3.05, 3.63) is 53.3 Å². The first kappa shape index (κ1) is 15.6. The summed E-state index contributed by atoms with van der Waals surface area (Å²) in [5.41, 5.74) is 1.45. The lowest BCUT2D eigenvalue weighted by atomic mass is 10.1. The van der Waals surface area contributed by atoms with Crippen LogP contribution >= 0.6 is 0 Å². The van der Waals surface area contributed by atoms with Crippen molar-refractivity contribution in [2.24, 2.45) is 0 Å². The normalized spacial score (nSPS) is 18.3. The molecule has 1 aromatic heterocycles. The third-order valence-corrected chi connectivity index (χ3v) is 4.04. The fourth-order valence-corrected chi connectivity index (χ4v) is 2.95. The number of alkyl halides is 1. The van der Waals surface area contributed by atoms with Crippen molar-refractivity contribution in [2.45, 2.75) is 19.5 Å². The summed E-state index contributed by atoms with van der Waals surface area (Å²) < 4.78 is 38.5. The molecule has 1 unspecified atom stereocenters. The lowest BCUT2D eigenvalue weighted by molar-refractivity contribution is 0.0527. The molecule has 0 radical (unpaired) electrons. The monoisotopic (exact) mass is 344 g/mol. The third-order valence-electron chi connectivity index (χ3n) is 4.04. The van der Waals surface area contributed by atoms with Gasteiger partial charge in [0.2, 0.25) is 0 Å². The molecule has 0 spiro atoms. The Hall–Kier alpha value is -2.96. The molecule has 0 saturated heterocycles. The second-order valence-corrected chi connectivity index (χ2v) is 5.71. The van der Waals surface area contributed by atoms with Gasteiger partial charge in [0.25, 0.3) is 0 Å². The number of carbonyl (C=O) groups excluding carboxylic acids is 1. The van der Waals surface area contributed by atoms with Gasteiger partial charge in [-0.3, -0.25) is 4.98 Å². The number of halogens is 2. The number of rotatable bonds is 2. The number of aromatic nitrogens is 1. The Morgan fingerprint density at radius 3 is 3.12 bits per heavy atom. The largest absolute Gasteiger partial charge is 0.462 e. The number of ether oxygens (including phenoxy) is 2. The maximum Gasteiger partial charge on any atom is 0.341 e. The zero-order valence-corrected chi connectivity index (χ0v) is 13.3. The topological polar surface area (TPSA) is 60.5 Å².